The van der Waals surface area contributed by atoms with Crippen LogP contribution in [0.5, 0.6) is 0 Å². The van der Waals surface area contributed by atoms with Gasteiger partial charge in [-0.2, -0.15) is 13.2 Å². The molecule has 3 atom stereocenters. The molecule has 1 saturated carbocycles. The number of carbonyl (C=O) groups is 1. The first kappa shape index (κ1) is 15.5. The van der Waals surface area contributed by atoms with Gasteiger partial charge in [0.1, 0.15) is 12.1 Å². The molecule has 1 aromatic rings. The number of anilines is 1. The number of piperidine rings is 1. The van der Waals surface area contributed by atoms with Gasteiger partial charge in [0.2, 0.25) is 5.28 Å². The molecular formula is C14H15ClF3N3O. The minimum atomic E-state index is -4.56. The van der Waals surface area contributed by atoms with Crippen molar-refractivity contribution in [1.82, 2.24) is 9.97 Å². The first-order valence-electron chi connectivity index (χ1n) is 7.02. The molecule has 0 aromatic carbocycles. The van der Waals surface area contributed by atoms with Crippen molar-refractivity contribution in [2.45, 2.75) is 20.0 Å². The first-order chi connectivity index (χ1) is 10.2. The Hall–Kier alpha value is -1.37. The largest absolute Gasteiger partial charge is 0.433 e. The van der Waals surface area contributed by atoms with Gasteiger partial charge in [-0.1, -0.05) is 13.8 Å². The number of fused-ring (bicyclic) bond motifs is 1. The van der Waals surface area contributed by atoms with Crippen molar-refractivity contribution >= 4 is 23.7 Å². The molecule has 2 fully saturated rings. The van der Waals surface area contributed by atoms with Crippen LogP contribution in [0.2, 0.25) is 5.28 Å². The summed E-state index contributed by atoms with van der Waals surface area (Å²) in [6.45, 7) is 5.11. The molecule has 0 amide bonds. The molecule has 1 aliphatic carbocycles. The van der Waals surface area contributed by atoms with Gasteiger partial charge in [-0.15, -0.1) is 0 Å². The molecule has 120 valence electrons. The number of nitrogens with zero attached hydrogens (tertiary/aromatic N) is 3. The van der Waals surface area contributed by atoms with Gasteiger partial charge in [0.15, 0.2) is 5.69 Å². The Balaban J connectivity index is 1.89. The molecule has 1 aliphatic heterocycles. The third-order valence-electron chi connectivity index (χ3n) is 5.04. The average molecular weight is 334 g/mol. The van der Waals surface area contributed by atoms with E-state index in [-0.39, 0.29) is 29.0 Å². The third-order valence-corrected chi connectivity index (χ3v) is 5.21. The van der Waals surface area contributed by atoms with Crippen molar-refractivity contribution in [2.24, 2.45) is 23.2 Å². The summed E-state index contributed by atoms with van der Waals surface area (Å²) in [6, 6.07) is 0.917. The summed E-state index contributed by atoms with van der Waals surface area (Å²) in [5.41, 5.74) is -1.20. The van der Waals surface area contributed by atoms with Crippen LogP contribution in [0.4, 0.5) is 19.0 Å². The first-order valence-corrected chi connectivity index (χ1v) is 7.40. The summed E-state index contributed by atoms with van der Waals surface area (Å²) in [4.78, 5) is 20.1. The zero-order valence-electron chi connectivity index (χ0n) is 12.1. The van der Waals surface area contributed by atoms with E-state index in [9.17, 15) is 18.0 Å². The van der Waals surface area contributed by atoms with Crippen LogP contribution in [-0.2, 0) is 11.0 Å². The molecule has 3 rings (SSSR count). The second-order valence-corrected chi connectivity index (χ2v) is 6.63. The molecule has 1 aromatic heterocycles. The number of aldehydes is 1. The number of alkyl halides is 3. The zero-order chi connectivity index (χ0) is 16.3. The van der Waals surface area contributed by atoms with E-state index in [4.69, 9.17) is 11.6 Å². The van der Waals surface area contributed by atoms with Crippen molar-refractivity contribution in [3.05, 3.63) is 17.0 Å². The molecule has 8 heteroatoms. The van der Waals surface area contributed by atoms with Crippen LogP contribution in [0.1, 0.15) is 19.5 Å². The summed E-state index contributed by atoms with van der Waals surface area (Å²) < 4.78 is 38.5. The number of carbonyl (C=O) groups excluding carboxylic acids is 1. The maximum atomic E-state index is 12.8. The predicted molar refractivity (Wildman–Crippen MR) is 74.6 cm³/mol. The van der Waals surface area contributed by atoms with Crippen molar-refractivity contribution in [2.75, 3.05) is 18.0 Å². The van der Waals surface area contributed by atoms with Crippen LogP contribution in [0, 0.1) is 23.2 Å². The highest BCUT2D eigenvalue weighted by atomic mass is 35.5. The smallest absolute Gasteiger partial charge is 0.356 e. The lowest BCUT2D eigenvalue weighted by atomic mass is 9.89. The van der Waals surface area contributed by atoms with Crippen LogP contribution in [-0.4, -0.2) is 29.3 Å². The van der Waals surface area contributed by atoms with Crippen molar-refractivity contribution in [1.29, 1.82) is 0 Å². The van der Waals surface area contributed by atoms with Crippen molar-refractivity contribution in [3.63, 3.8) is 0 Å². The van der Waals surface area contributed by atoms with E-state index in [1.54, 1.807) is 4.90 Å². The van der Waals surface area contributed by atoms with E-state index in [1.807, 2.05) is 13.8 Å². The second-order valence-electron chi connectivity index (χ2n) is 6.29. The van der Waals surface area contributed by atoms with E-state index >= 15 is 0 Å². The Morgan fingerprint density at radius 3 is 2.64 bits per heavy atom. The molecule has 4 nitrogen and oxygen atoms in total. The quantitative estimate of drug-likeness (QED) is 0.630. The van der Waals surface area contributed by atoms with Crippen LogP contribution in [0.15, 0.2) is 6.07 Å². The molecule has 0 bridgehead atoms. The van der Waals surface area contributed by atoms with E-state index in [1.165, 1.54) is 0 Å². The maximum Gasteiger partial charge on any atom is 0.433 e. The Morgan fingerprint density at radius 2 is 2.14 bits per heavy atom. The normalized spacial score (nSPS) is 30.6. The lowest BCUT2D eigenvalue weighted by Crippen LogP contribution is -2.31. The molecule has 0 spiro atoms. The summed E-state index contributed by atoms with van der Waals surface area (Å²) >= 11 is 5.63. The number of aromatic nitrogens is 2. The number of hydrogen-bond donors (Lipinski definition) is 0. The van der Waals surface area contributed by atoms with Crippen molar-refractivity contribution < 1.29 is 18.0 Å². The van der Waals surface area contributed by atoms with Crippen molar-refractivity contribution in [3.8, 4) is 0 Å². The number of halogens is 4. The highest BCUT2D eigenvalue weighted by molar-refractivity contribution is 6.28. The van der Waals surface area contributed by atoms with Gasteiger partial charge in [-0.05, 0) is 23.4 Å². The highest BCUT2D eigenvalue weighted by Crippen LogP contribution is 2.66. The molecule has 3 unspecified atom stereocenters. The standard InChI is InChI=1S/C14H15ClF3N3O/c1-7(2)13-6-21(4-8(13)9(13)5-22)11-3-10(14(16,17)18)19-12(15)20-11/h3,5,7-9H,4,6H2,1-2H3. The number of rotatable bonds is 3. The van der Waals surface area contributed by atoms with Crippen LogP contribution >= 0.6 is 11.6 Å². The summed E-state index contributed by atoms with van der Waals surface area (Å²) in [6.07, 6.45) is -3.60. The predicted octanol–water partition coefficient (Wildman–Crippen LogP) is 3.06. The van der Waals surface area contributed by atoms with Gasteiger partial charge in [-0.3, -0.25) is 0 Å². The summed E-state index contributed by atoms with van der Waals surface area (Å²) in [7, 11) is 0. The van der Waals surface area contributed by atoms with Crippen LogP contribution < -0.4 is 4.90 Å². The number of hydrogen-bond acceptors (Lipinski definition) is 4. The van der Waals surface area contributed by atoms with E-state index in [2.05, 4.69) is 9.97 Å². The van der Waals surface area contributed by atoms with E-state index < -0.39 is 17.2 Å². The fraction of sp³-hybridized carbons (Fsp3) is 0.643. The Kier molecular flexibility index (Phi) is 3.39. The fourth-order valence-corrected chi connectivity index (χ4v) is 3.99. The van der Waals surface area contributed by atoms with Gasteiger partial charge in [0, 0.05) is 30.5 Å². The molecule has 2 heterocycles. The second kappa shape index (κ2) is 4.81. The Morgan fingerprint density at radius 1 is 1.45 bits per heavy atom. The highest BCUT2D eigenvalue weighted by Gasteiger charge is 2.70. The maximum absolute atomic E-state index is 12.8. The SMILES string of the molecule is CC(C)C12CN(c3cc(C(F)(F)F)nc(Cl)n3)CC1C2C=O. The van der Waals surface area contributed by atoms with Gasteiger partial charge < -0.3 is 9.69 Å². The molecule has 0 N–H and O–H groups in total. The van der Waals surface area contributed by atoms with Gasteiger partial charge in [0.05, 0.1) is 0 Å². The minimum Gasteiger partial charge on any atom is -0.356 e. The van der Waals surface area contributed by atoms with Gasteiger partial charge in [-0.25, -0.2) is 9.97 Å². The molecule has 0 radical (unpaired) electrons. The van der Waals surface area contributed by atoms with Crippen LogP contribution in [0.25, 0.3) is 0 Å². The molecule has 1 saturated heterocycles. The minimum absolute atomic E-state index is 0.0110. The Bertz CT molecular complexity index is 622. The molecule has 22 heavy (non-hydrogen) atoms. The monoisotopic (exact) mass is 333 g/mol. The lowest BCUT2D eigenvalue weighted by molar-refractivity contribution is -0.141. The Labute approximate surface area is 130 Å². The summed E-state index contributed by atoms with van der Waals surface area (Å²) in [5.74, 6) is 0.609. The average Bonchev–Trinajstić information content (AvgIpc) is 2.85. The van der Waals surface area contributed by atoms with Gasteiger partial charge in [0.25, 0.3) is 0 Å². The summed E-state index contributed by atoms with van der Waals surface area (Å²) in [5, 5.41) is -0.420. The lowest BCUT2D eigenvalue weighted by Gasteiger charge is -2.26. The molecular weight excluding hydrogens is 319 g/mol. The van der Waals surface area contributed by atoms with Gasteiger partial charge >= 0.3 is 6.18 Å². The van der Waals surface area contributed by atoms with E-state index in [0.717, 1.165) is 12.4 Å². The third kappa shape index (κ3) is 2.17. The zero-order valence-corrected chi connectivity index (χ0v) is 12.8. The van der Waals surface area contributed by atoms with Crippen LogP contribution in [0.3, 0.4) is 0 Å². The van der Waals surface area contributed by atoms with E-state index in [0.29, 0.717) is 13.1 Å². The molecule has 2 aliphatic rings. The topological polar surface area (TPSA) is 46.1 Å². The fourth-order valence-electron chi connectivity index (χ4n) is 3.82.